The average Bonchev–Trinajstić information content (AvgIpc) is 3.07. The molecule has 156 valence electrons. The van der Waals surface area contributed by atoms with Crippen LogP contribution in [0.4, 0.5) is 11.4 Å². The minimum atomic E-state index is -0.195. The largest absolute Gasteiger partial charge is 0.344 e. The van der Waals surface area contributed by atoms with Gasteiger partial charge < -0.3 is 9.80 Å². The van der Waals surface area contributed by atoms with E-state index >= 15 is 0 Å². The van der Waals surface area contributed by atoms with Gasteiger partial charge in [-0.1, -0.05) is 64.1 Å². The molecule has 0 saturated carbocycles. The summed E-state index contributed by atoms with van der Waals surface area (Å²) < 4.78 is 0. The summed E-state index contributed by atoms with van der Waals surface area (Å²) in [4.78, 5) is 17.9. The number of para-hydroxylation sites is 2. The smallest absolute Gasteiger partial charge is 0.182 e. The molecule has 2 aromatic carbocycles. The van der Waals surface area contributed by atoms with Crippen LogP contribution in [0.1, 0.15) is 52.7 Å². The SMILES string of the molecule is CCN1C(=CC(=O)C=C2N(CC)c3ccccc3C2(C)C)C(C)(C)c2ccccc21. The zero-order valence-corrected chi connectivity index (χ0v) is 19.0. The molecule has 0 N–H and O–H groups in total. The highest BCUT2D eigenvalue weighted by Crippen LogP contribution is 2.49. The number of fused-ring (bicyclic) bond motifs is 2. The fraction of sp³-hybridized carbons (Fsp3) is 0.370. The molecule has 2 heterocycles. The van der Waals surface area contributed by atoms with E-state index in [1.807, 2.05) is 12.2 Å². The van der Waals surface area contributed by atoms with Crippen LogP contribution in [0.2, 0.25) is 0 Å². The van der Waals surface area contributed by atoms with Crippen molar-refractivity contribution in [3.63, 3.8) is 0 Å². The second-order valence-corrected chi connectivity index (χ2v) is 9.23. The summed E-state index contributed by atoms with van der Waals surface area (Å²) in [6.07, 6.45) is 3.70. The molecule has 2 aliphatic heterocycles. The Labute approximate surface area is 180 Å². The maximum absolute atomic E-state index is 13.3. The number of ketones is 1. The monoisotopic (exact) mass is 400 g/mol. The molecule has 0 unspecified atom stereocenters. The Morgan fingerprint density at radius 3 is 1.47 bits per heavy atom. The van der Waals surface area contributed by atoms with E-state index in [-0.39, 0.29) is 16.6 Å². The maximum atomic E-state index is 13.3. The van der Waals surface area contributed by atoms with Crippen molar-refractivity contribution < 1.29 is 4.79 Å². The number of hydrogen-bond donors (Lipinski definition) is 0. The minimum absolute atomic E-state index is 0.0543. The second kappa shape index (κ2) is 7.16. The normalized spacial score (nSPS) is 21.3. The predicted octanol–water partition coefficient (Wildman–Crippen LogP) is 5.96. The first-order valence-electron chi connectivity index (χ1n) is 11.0. The molecule has 0 aromatic heterocycles. The summed E-state index contributed by atoms with van der Waals surface area (Å²) in [5.74, 6) is 0.0543. The van der Waals surface area contributed by atoms with Crippen LogP contribution in [0.5, 0.6) is 0 Å². The van der Waals surface area contributed by atoms with Gasteiger partial charge in [-0.25, -0.2) is 0 Å². The van der Waals surface area contributed by atoms with E-state index < -0.39 is 0 Å². The molecular weight excluding hydrogens is 368 g/mol. The molecule has 0 aliphatic carbocycles. The molecule has 0 amide bonds. The Hall–Kier alpha value is -2.81. The standard InChI is InChI=1S/C27H32N2O/c1-7-28-22-15-11-9-13-20(22)26(3,4)24(28)17-19(30)18-25-27(5,6)21-14-10-12-16-23(21)29(25)8-2/h9-18H,7-8H2,1-6H3. The fourth-order valence-electron chi connectivity index (χ4n) is 5.19. The Morgan fingerprint density at radius 1 is 0.733 bits per heavy atom. The third kappa shape index (κ3) is 2.91. The highest BCUT2D eigenvalue weighted by Gasteiger charge is 2.41. The van der Waals surface area contributed by atoms with Gasteiger partial charge >= 0.3 is 0 Å². The molecular formula is C27H32N2O. The molecule has 0 atom stereocenters. The number of likely N-dealkylation sites (N-methyl/N-ethyl adjacent to an activating group) is 2. The summed E-state index contributed by atoms with van der Waals surface area (Å²) in [6, 6.07) is 17.0. The van der Waals surface area contributed by atoms with Crippen LogP contribution in [-0.4, -0.2) is 18.9 Å². The summed E-state index contributed by atoms with van der Waals surface area (Å²) in [5.41, 5.74) is 6.73. The zero-order chi connectivity index (χ0) is 21.7. The quantitative estimate of drug-likeness (QED) is 0.592. The van der Waals surface area contributed by atoms with Crippen LogP contribution in [-0.2, 0) is 15.6 Å². The number of nitrogens with zero attached hydrogens (tertiary/aromatic N) is 2. The van der Waals surface area contributed by atoms with Crippen molar-refractivity contribution in [1.82, 2.24) is 0 Å². The summed E-state index contributed by atoms with van der Waals surface area (Å²) in [7, 11) is 0. The van der Waals surface area contributed by atoms with Crippen LogP contribution in [0.3, 0.4) is 0 Å². The summed E-state index contributed by atoms with van der Waals surface area (Å²) >= 11 is 0. The Kier molecular flexibility index (Phi) is 4.88. The zero-order valence-electron chi connectivity index (χ0n) is 19.0. The van der Waals surface area contributed by atoms with Crippen molar-refractivity contribution in [3.05, 3.63) is 83.2 Å². The molecule has 0 fully saturated rings. The number of allylic oxidation sites excluding steroid dienone is 4. The van der Waals surface area contributed by atoms with E-state index in [9.17, 15) is 4.79 Å². The van der Waals surface area contributed by atoms with Gasteiger partial charge in [0, 0.05) is 58.8 Å². The highest BCUT2D eigenvalue weighted by atomic mass is 16.1. The number of anilines is 2. The number of benzene rings is 2. The van der Waals surface area contributed by atoms with Gasteiger partial charge in [0.25, 0.3) is 0 Å². The molecule has 4 rings (SSSR count). The molecule has 0 saturated heterocycles. The van der Waals surface area contributed by atoms with Gasteiger partial charge in [-0.15, -0.1) is 0 Å². The van der Waals surface area contributed by atoms with E-state index in [0.29, 0.717) is 0 Å². The Morgan fingerprint density at radius 2 is 1.10 bits per heavy atom. The third-order valence-electron chi connectivity index (χ3n) is 6.79. The highest BCUT2D eigenvalue weighted by molar-refractivity contribution is 6.02. The molecule has 0 radical (unpaired) electrons. The van der Waals surface area contributed by atoms with Crippen LogP contribution < -0.4 is 9.80 Å². The first-order chi connectivity index (χ1) is 14.2. The summed E-state index contributed by atoms with van der Waals surface area (Å²) in [5, 5.41) is 0. The Bertz CT molecular complexity index is 975. The van der Waals surface area contributed by atoms with Gasteiger partial charge in [0.15, 0.2) is 5.78 Å². The molecule has 3 heteroatoms. The van der Waals surface area contributed by atoms with E-state index in [4.69, 9.17) is 0 Å². The van der Waals surface area contributed by atoms with Crippen molar-refractivity contribution in [2.75, 3.05) is 22.9 Å². The lowest BCUT2D eigenvalue weighted by Gasteiger charge is -2.27. The van der Waals surface area contributed by atoms with Crippen LogP contribution >= 0.6 is 0 Å². The number of carbonyl (C=O) groups is 1. The fourth-order valence-corrected chi connectivity index (χ4v) is 5.19. The van der Waals surface area contributed by atoms with Gasteiger partial charge in [0.2, 0.25) is 0 Å². The molecule has 30 heavy (non-hydrogen) atoms. The van der Waals surface area contributed by atoms with Gasteiger partial charge in [0.05, 0.1) is 0 Å². The van der Waals surface area contributed by atoms with Gasteiger partial charge in [-0.2, -0.15) is 0 Å². The van der Waals surface area contributed by atoms with Crippen molar-refractivity contribution in [3.8, 4) is 0 Å². The second-order valence-electron chi connectivity index (χ2n) is 9.23. The first-order valence-corrected chi connectivity index (χ1v) is 11.0. The van der Waals surface area contributed by atoms with Gasteiger partial charge in [0.1, 0.15) is 0 Å². The number of carbonyl (C=O) groups excluding carboxylic acids is 1. The van der Waals surface area contributed by atoms with Crippen molar-refractivity contribution in [1.29, 1.82) is 0 Å². The minimum Gasteiger partial charge on any atom is -0.344 e. The average molecular weight is 401 g/mol. The number of rotatable bonds is 4. The third-order valence-corrected chi connectivity index (χ3v) is 6.79. The molecule has 0 spiro atoms. The van der Waals surface area contributed by atoms with Crippen molar-refractivity contribution >= 4 is 17.2 Å². The van der Waals surface area contributed by atoms with E-state index in [2.05, 4.69) is 99.9 Å². The first kappa shape index (κ1) is 20.5. The lowest BCUT2D eigenvalue weighted by Crippen LogP contribution is -2.28. The van der Waals surface area contributed by atoms with Gasteiger partial charge in [-0.3, -0.25) is 4.79 Å². The molecule has 0 bridgehead atoms. The molecule has 3 nitrogen and oxygen atoms in total. The number of hydrogen-bond acceptors (Lipinski definition) is 3. The van der Waals surface area contributed by atoms with Crippen LogP contribution in [0.25, 0.3) is 0 Å². The van der Waals surface area contributed by atoms with Crippen molar-refractivity contribution in [2.45, 2.75) is 52.4 Å². The van der Waals surface area contributed by atoms with Crippen molar-refractivity contribution in [2.24, 2.45) is 0 Å². The van der Waals surface area contributed by atoms with Crippen LogP contribution in [0.15, 0.2) is 72.1 Å². The lowest BCUT2D eigenvalue weighted by molar-refractivity contribution is -0.110. The van der Waals surface area contributed by atoms with E-state index in [1.54, 1.807) is 0 Å². The van der Waals surface area contributed by atoms with Crippen LogP contribution in [0, 0.1) is 0 Å². The molecule has 2 aromatic rings. The van der Waals surface area contributed by atoms with Gasteiger partial charge in [-0.05, 0) is 37.1 Å². The van der Waals surface area contributed by atoms with E-state index in [0.717, 1.165) is 24.5 Å². The molecule has 2 aliphatic rings. The maximum Gasteiger partial charge on any atom is 0.182 e. The predicted molar refractivity (Wildman–Crippen MR) is 126 cm³/mol. The van der Waals surface area contributed by atoms with E-state index in [1.165, 1.54) is 22.5 Å². The summed E-state index contributed by atoms with van der Waals surface area (Å²) in [6.45, 7) is 14.8. The lowest BCUT2D eigenvalue weighted by atomic mass is 9.82. The topological polar surface area (TPSA) is 23.6 Å². The Balaban J connectivity index is 1.76.